The number of hydrogen-bond acceptors (Lipinski definition) is 5. The summed E-state index contributed by atoms with van der Waals surface area (Å²) in [4.78, 5) is 19.1. The number of carbonyl (C=O) groups excluding carboxylic acids is 1. The van der Waals surface area contributed by atoms with Gasteiger partial charge in [0.15, 0.2) is 0 Å². The van der Waals surface area contributed by atoms with Gasteiger partial charge in [-0.25, -0.2) is 4.79 Å². The summed E-state index contributed by atoms with van der Waals surface area (Å²) in [6, 6.07) is 11.8. The first kappa shape index (κ1) is 17.4. The van der Waals surface area contributed by atoms with Gasteiger partial charge in [0.05, 0.1) is 0 Å². The maximum absolute atomic E-state index is 12.7. The Balaban J connectivity index is 1.95. The topological polar surface area (TPSA) is 54.5 Å². The van der Waals surface area contributed by atoms with E-state index in [-0.39, 0.29) is 12.0 Å². The fraction of sp³-hybridized carbons (Fsp3) is 0.400. The number of para-hydroxylation sites is 1. The standard InChI is InChI=1S/C20H25N3O2/c1-20(2,3)25-19(24)18-14-22-11-12-23(18)17-9-5-4-8-16(17)15-7-6-10-21-13-15/h4-10,13,18,22H,11-12,14H2,1-3H3. The van der Waals surface area contributed by atoms with Crippen LogP contribution in [-0.4, -0.2) is 42.2 Å². The number of rotatable bonds is 3. The third kappa shape index (κ3) is 4.17. The summed E-state index contributed by atoms with van der Waals surface area (Å²) in [5.74, 6) is -0.194. The second kappa shape index (κ2) is 7.23. The summed E-state index contributed by atoms with van der Waals surface area (Å²) in [6.45, 7) is 7.86. The molecular formula is C20H25N3O2. The molecule has 0 saturated carbocycles. The van der Waals surface area contributed by atoms with Gasteiger partial charge in [-0.2, -0.15) is 0 Å². The van der Waals surface area contributed by atoms with E-state index in [9.17, 15) is 4.79 Å². The first-order chi connectivity index (χ1) is 12.0. The Kier molecular flexibility index (Phi) is 5.04. The second-order valence-electron chi connectivity index (χ2n) is 7.21. The third-order valence-electron chi connectivity index (χ3n) is 4.11. The van der Waals surface area contributed by atoms with E-state index in [0.29, 0.717) is 6.54 Å². The van der Waals surface area contributed by atoms with Crippen molar-refractivity contribution in [1.82, 2.24) is 10.3 Å². The van der Waals surface area contributed by atoms with Crippen LogP contribution in [0.25, 0.3) is 11.1 Å². The van der Waals surface area contributed by atoms with Gasteiger partial charge >= 0.3 is 5.97 Å². The van der Waals surface area contributed by atoms with Crippen LogP contribution < -0.4 is 10.2 Å². The number of nitrogens with one attached hydrogen (secondary N) is 1. The monoisotopic (exact) mass is 339 g/mol. The van der Waals surface area contributed by atoms with Crippen LogP contribution in [0.4, 0.5) is 5.69 Å². The van der Waals surface area contributed by atoms with Crippen LogP contribution in [0.1, 0.15) is 20.8 Å². The Morgan fingerprint density at radius 2 is 2.04 bits per heavy atom. The highest BCUT2D eigenvalue weighted by Crippen LogP contribution is 2.32. The highest BCUT2D eigenvalue weighted by Gasteiger charge is 2.33. The molecule has 0 aliphatic carbocycles. The molecule has 5 nitrogen and oxygen atoms in total. The molecule has 0 bridgehead atoms. The van der Waals surface area contributed by atoms with Crippen LogP contribution in [0.5, 0.6) is 0 Å². The molecule has 0 spiro atoms. The number of nitrogens with zero attached hydrogens (tertiary/aromatic N) is 2. The molecule has 2 aromatic rings. The van der Waals surface area contributed by atoms with Crippen LogP contribution in [0.3, 0.4) is 0 Å². The van der Waals surface area contributed by atoms with Crippen molar-refractivity contribution < 1.29 is 9.53 Å². The van der Waals surface area contributed by atoms with Crippen molar-refractivity contribution in [2.24, 2.45) is 0 Å². The lowest BCUT2D eigenvalue weighted by molar-refractivity contribution is -0.156. The Morgan fingerprint density at radius 1 is 1.24 bits per heavy atom. The molecule has 1 atom stereocenters. The number of esters is 1. The summed E-state index contributed by atoms with van der Waals surface area (Å²) in [6.07, 6.45) is 3.62. The lowest BCUT2D eigenvalue weighted by atomic mass is 10.0. The Hall–Kier alpha value is -2.40. The Labute approximate surface area is 149 Å². The van der Waals surface area contributed by atoms with Crippen molar-refractivity contribution in [3.8, 4) is 11.1 Å². The number of pyridine rings is 1. The Morgan fingerprint density at radius 3 is 2.76 bits per heavy atom. The molecule has 0 radical (unpaired) electrons. The molecule has 5 heteroatoms. The fourth-order valence-corrected chi connectivity index (χ4v) is 3.06. The minimum Gasteiger partial charge on any atom is -0.458 e. The largest absolute Gasteiger partial charge is 0.458 e. The summed E-state index contributed by atoms with van der Waals surface area (Å²) in [5, 5.41) is 3.31. The van der Waals surface area contributed by atoms with Gasteiger partial charge in [0.25, 0.3) is 0 Å². The van der Waals surface area contributed by atoms with E-state index >= 15 is 0 Å². The zero-order valence-electron chi connectivity index (χ0n) is 15.0. The molecule has 1 saturated heterocycles. The molecule has 1 aliphatic rings. The van der Waals surface area contributed by atoms with Crippen molar-refractivity contribution in [3.63, 3.8) is 0 Å². The van der Waals surface area contributed by atoms with E-state index < -0.39 is 5.60 Å². The van der Waals surface area contributed by atoms with Gasteiger partial charge < -0.3 is 15.0 Å². The predicted molar refractivity (Wildman–Crippen MR) is 99.5 cm³/mol. The molecule has 1 aromatic carbocycles. The van der Waals surface area contributed by atoms with Gasteiger partial charge in [-0.3, -0.25) is 4.98 Å². The summed E-state index contributed by atoms with van der Waals surface area (Å²) in [7, 11) is 0. The molecule has 1 fully saturated rings. The smallest absolute Gasteiger partial charge is 0.330 e. The summed E-state index contributed by atoms with van der Waals surface area (Å²) >= 11 is 0. The number of hydrogen-bond donors (Lipinski definition) is 1. The molecule has 1 unspecified atom stereocenters. The molecule has 1 aliphatic heterocycles. The van der Waals surface area contributed by atoms with Crippen molar-refractivity contribution in [1.29, 1.82) is 0 Å². The number of aromatic nitrogens is 1. The predicted octanol–water partition coefficient (Wildman–Crippen LogP) is 2.87. The zero-order chi connectivity index (χ0) is 17.9. The molecule has 132 valence electrons. The van der Waals surface area contributed by atoms with E-state index in [1.54, 1.807) is 6.20 Å². The fourth-order valence-electron chi connectivity index (χ4n) is 3.06. The van der Waals surface area contributed by atoms with E-state index in [2.05, 4.69) is 27.3 Å². The minimum atomic E-state index is -0.497. The minimum absolute atomic E-state index is 0.194. The highest BCUT2D eigenvalue weighted by molar-refractivity contribution is 5.85. The van der Waals surface area contributed by atoms with Crippen molar-refractivity contribution >= 4 is 11.7 Å². The zero-order valence-corrected chi connectivity index (χ0v) is 15.0. The number of benzene rings is 1. The van der Waals surface area contributed by atoms with Gasteiger partial charge in [0, 0.05) is 48.8 Å². The molecule has 25 heavy (non-hydrogen) atoms. The maximum atomic E-state index is 12.7. The van der Waals surface area contributed by atoms with Gasteiger partial charge in [-0.05, 0) is 32.9 Å². The van der Waals surface area contributed by atoms with Crippen molar-refractivity contribution in [3.05, 3.63) is 48.8 Å². The molecule has 0 amide bonds. The van der Waals surface area contributed by atoms with Crippen LogP contribution in [0, 0.1) is 0 Å². The summed E-state index contributed by atoms with van der Waals surface area (Å²) in [5.41, 5.74) is 2.65. The van der Waals surface area contributed by atoms with Crippen LogP contribution in [0.2, 0.25) is 0 Å². The van der Waals surface area contributed by atoms with Crippen molar-refractivity contribution in [2.45, 2.75) is 32.4 Å². The number of anilines is 1. The number of ether oxygens (including phenoxy) is 1. The van der Waals surface area contributed by atoms with Crippen LogP contribution in [-0.2, 0) is 9.53 Å². The second-order valence-corrected chi connectivity index (χ2v) is 7.21. The van der Waals surface area contributed by atoms with Gasteiger partial charge in [-0.1, -0.05) is 24.3 Å². The van der Waals surface area contributed by atoms with E-state index in [0.717, 1.165) is 29.9 Å². The lowest BCUT2D eigenvalue weighted by Crippen LogP contribution is -2.56. The van der Waals surface area contributed by atoms with Crippen LogP contribution in [0.15, 0.2) is 48.8 Å². The molecule has 1 aromatic heterocycles. The first-order valence-corrected chi connectivity index (χ1v) is 8.65. The quantitative estimate of drug-likeness (QED) is 0.872. The average Bonchev–Trinajstić information content (AvgIpc) is 2.61. The van der Waals surface area contributed by atoms with Gasteiger partial charge in [-0.15, -0.1) is 0 Å². The molecule has 2 heterocycles. The van der Waals surface area contributed by atoms with Crippen LogP contribution >= 0.6 is 0 Å². The molecule has 1 N–H and O–H groups in total. The van der Waals surface area contributed by atoms with Crippen molar-refractivity contribution in [2.75, 3.05) is 24.5 Å². The maximum Gasteiger partial charge on any atom is 0.330 e. The van der Waals surface area contributed by atoms with E-state index in [4.69, 9.17) is 4.74 Å². The third-order valence-corrected chi connectivity index (χ3v) is 4.11. The number of piperazine rings is 1. The van der Waals surface area contributed by atoms with Gasteiger partial charge in [0.1, 0.15) is 11.6 Å². The molecular weight excluding hydrogens is 314 g/mol. The lowest BCUT2D eigenvalue weighted by Gasteiger charge is -2.38. The number of carbonyl (C=O) groups is 1. The van der Waals surface area contributed by atoms with E-state index in [1.165, 1.54) is 0 Å². The average molecular weight is 339 g/mol. The summed E-state index contributed by atoms with van der Waals surface area (Å²) < 4.78 is 5.64. The normalized spacial score (nSPS) is 18.0. The first-order valence-electron chi connectivity index (χ1n) is 8.65. The van der Waals surface area contributed by atoms with E-state index in [1.807, 2.05) is 51.2 Å². The SMILES string of the molecule is CC(C)(C)OC(=O)C1CNCCN1c1ccccc1-c1cccnc1. The van der Waals surface area contributed by atoms with Gasteiger partial charge in [0.2, 0.25) is 0 Å². The molecule has 3 rings (SSSR count). The highest BCUT2D eigenvalue weighted by atomic mass is 16.6. The Bertz CT molecular complexity index is 725.